The van der Waals surface area contributed by atoms with E-state index in [1.807, 2.05) is 133 Å². The van der Waals surface area contributed by atoms with Gasteiger partial charge in [0, 0.05) is 22.1 Å². The van der Waals surface area contributed by atoms with E-state index in [0.29, 0.717) is 11.4 Å². The van der Waals surface area contributed by atoms with Crippen molar-refractivity contribution in [2.45, 2.75) is 0 Å². The number of nitrogens with zero attached hydrogens (tertiary/aromatic N) is 1. The number of fused-ring (bicyclic) bond motifs is 5. The van der Waals surface area contributed by atoms with Gasteiger partial charge >= 0.3 is 0 Å². The summed E-state index contributed by atoms with van der Waals surface area (Å²) in [5, 5.41) is -0.763. The molecule has 9 aromatic carbocycles. The average Bonchev–Trinajstić information content (AvgIpc) is 3.76. The van der Waals surface area contributed by atoms with Gasteiger partial charge in [0.05, 0.1) is 28.9 Å². The van der Waals surface area contributed by atoms with Crippen molar-refractivity contribution < 1.29 is 22.2 Å². The number of furan rings is 1. The van der Waals surface area contributed by atoms with Crippen molar-refractivity contribution in [2.75, 3.05) is 4.90 Å². The molecule has 0 amide bonds. The van der Waals surface area contributed by atoms with E-state index in [4.69, 9.17) is 16.8 Å². The van der Waals surface area contributed by atoms with Crippen molar-refractivity contribution in [3.05, 3.63) is 212 Å². The van der Waals surface area contributed by atoms with Crippen molar-refractivity contribution in [2.24, 2.45) is 0 Å². The molecular weight excluding hydrogens is 655 g/mol. The minimum atomic E-state index is -0.719. The lowest BCUT2D eigenvalue weighted by Crippen LogP contribution is -2.10. The molecule has 0 fully saturated rings. The molecule has 0 N–H and O–H groups in total. The highest BCUT2D eigenvalue weighted by Gasteiger charge is 2.22. The summed E-state index contributed by atoms with van der Waals surface area (Å²) in [6.45, 7) is 0. The van der Waals surface area contributed by atoms with Crippen LogP contribution in [-0.4, -0.2) is 0 Å². The molecule has 10 aromatic rings. The summed E-state index contributed by atoms with van der Waals surface area (Å²) in [6.07, 6.45) is 0. The lowest BCUT2D eigenvalue weighted by molar-refractivity contribution is 0.672. The van der Waals surface area contributed by atoms with Gasteiger partial charge in [0.25, 0.3) is 0 Å². The van der Waals surface area contributed by atoms with Gasteiger partial charge in [-0.25, -0.2) is 0 Å². The van der Waals surface area contributed by atoms with Crippen LogP contribution >= 0.6 is 0 Å². The van der Waals surface area contributed by atoms with E-state index < -0.39 is 84.1 Å². The van der Waals surface area contributed by atoms with E-state index in [0.717, 1.165) is 33.4 Å². The van der Waals surface area contributed by atoms with E-state index in [1.54, 1.807) is 4.90 Å². The SMILES string of the molecule is [2H]c1c([2H])c([2H])c(-c2c([2H])c3c(oc4c([2H])c([2H])c([2H])c(N(c5ccc(-c6ccccc6)cc5)c5ccc(-c6ccc(-c7ccccc7)cc6)cc5)c43)c3c([2H])c([2H])c([2H])c([2H])c23)c([2H])c1[2H]. The second-order valence-electron chi connectivity index (χ2n) is 12.7. The maximum Gasteiger partial charge on any atom is 0.143 e. The van der Waals surface area contributed by atoms with Crippen LogP contribution in [0.3, 0.4) is 0 Å². The molecule has 0 aliphatic rings. The first-order valence-electron chi connectivity index (χ1n) is 23.9. The molecule has 54 heavy (non-hydrogen) atoms. The van der Waals surface area contributed by atoms with Gasteiger partial charge in [-0.3, -0.25) is 0 Å². The van der Waals surface area contributed by atoms with Crippen LogP contribution in [-0.2, 0) is 0 Å². The largest absolute Gasteiger partial charge is 0.455 e. The highest BCUT2D eigenvalue weighted by atomic mass is 16.3. The molecule has 0 aliphatic heterocycles. The Morgan fingerprint density at radius 2 is 0.870 bits per heavy atom. The highest BCUT2D eigenvalue weighted by Crippen LogP contribution is 2.46. The third-order valence-electron chi connectivity index (χ3n) is 9.57. The lowest BCUT2D eigenvalue weighted by atomic mass is 9.95. The summed E-state index contributed by atoms with van der Waals surface area (Å²) in [6, 6.07) is 34.8. The van der Waals surface area contributed by atoms with Gasteiger partial charge in [0.15, 0.2) is 0 Å². The van der Waals surface area contributed by atoms with E-state index in [1.165, 1.54) is 0 Å². The van der Waals surface area contributed by atoms with Crippen LogP contribution in [0.25, 0.3) is 77.2 Å². The second-order valence-corrected chi connectivity index (χ2v) is 12.7. The predicted octanol–water partition coefficient (Wildman–Crippen LogP) is 14.9. The van der Waals surface area contributed by atoms with Crippen LogP contribution in [0.5, 0.6) is 0 Å². The van der Waals surface area contributed by atoms with Crippen molar-refractivity contribution in [3.63, 3.8) is 0 Å². The van der Waals surface area contributed by atoms with E-state index in [9.17, 15) is 5.48 Å². The standard InChI is InChI=1S/C52H35NO/c1-4-13-36(14-5-1)38-23-25-39(26-24-38)41-29-33-44(34-30-41)53(43-31-27-40(28-32-43)37-15-6-2-7-16-37)49-21-12-22-50-51(49)48-35-47(42-17-8-3-9-18-42)45-19-10-11-20-46(45)52(48)54-50/h1-35H/i3D,8D,9D,10D,11D,12D,17D,18D,19D,20D,21D,22D,35D. The first-order chi connectivity index (χ1) is 32.2. The van der Waals surface area contributed by atoms with Crippen LogP contribution in [0, 0.1) is 0 Å². The monoisotopic (exact) mass is 702 g/mol. The fraction of sp³-hybridized carbons (Fsp3) is 0. The van der Waals surface area contributed by atoms with Crippen LogP contribution in [0.2, 0.25) is 0 Å². The van der Waals surface area contributed by atoms with Crippen molar-refractivity contribution >= 4 is 49.8 Å². The number of rotatable bonds is 7. The topological polar surface area (TPSA) is 16.4 Å². The highest BCUT2D eigenvalue weighted by molar-refractivity contribution is 6.22. The molecule has 254 valence electrons. The molecule has 10 rings (SSSR count). The Hall–Kier alpha value is -7.16. The maximum atomic E-state index is 9.96. The van der Waals surface area contributed by atoms with Gasteiger partial charge in [-0.15, -0.1) is 0 Å². The summed E-state index contributed by atoms with van der Waals surface area (Å²) in [4.78, 5) is 1.71. The summed E-state index contributed by atoms with van der Waals surface area (Å²) in [5.74, 6) is 0. The summed E-state index contributed by atoms with van der Waals surface area (Å²) >= 11 is 0. The van der Waals surface area contributed by atoms with E-state index in [2.05, 4.69) is 0 Å². The Morgan fingerprint density at radius 1 is 0.389 bits per heavy atom. The molecule has 0 spiro atoms. The summed E-state index contributed by atoms with van der Waals surface area (Å²) in [5.41, 5.74) is 5.47. The zero-order valence-corrected chi connectivity index (χ0v) is 28.6. The van der Waals surface area contributed by atoms with Gasteiger partial charge in [0.2, 0.25) is 0 Å². The molecule has 2 nitrogen and oxygen atoms in total. The smallest absolute Gasteiger partial charge is 0.143 e. The average molecular weight is 703 g/mol. The molecule has 0 saturated heterocycles. The molecule has 0 aliphatic carbocycles. The van der Waals surface area contributed by atoms with Crippen LogP contribution in [0.1, 0.15) is 17.8 Å². The minimum absolute atomic E-state index is 0.00266. The third kappa shape index (κ3) is 5.62. The van der Waals surface area contributed by atoms with Crippen molar-refractivity contribution in [1.29, 1.82) is 0 Å². The maximum absolute atomic E-state index is 9.96. The molecule has 0 atom stereocenters. The Bertz CT molecular complexity index is 3610. The predicted molar refractivity (Wildman–Crippen MR) is 228 cm³/mol. The molecule has 0 saturated carbocycles. The number of hydrogen-bond donors (Lipinski definition) is 0. The molecule has 1 aromatic heterocycles. The molecule has 0 radical (unpaired) electrons. The van der Waals surface area contributed by atoms with Gasteiger partial charge in [-0.05, 0) is 92.3 Å². The Balaban J connectivity index is 1.29. The normalized spacial score (nSPS) is 14.7. The number of benzene rings is 9. The van der Waals surface area contributed by atoms with Crippen molar-refractivity contribution in [1.82, 2.24) is 0 Å². The van der Waals surface area contributed by atoms with E-state index in [-0.39, 0.29) is 44.0 Å². The lowest BCUT2D eigenvalue weighted by Gasteiger charge is -2.26. The summed E-state index contributed by atoms with van der Waals surface area (Å²) in [7, 11) is 0. The number of anilines is 3. The second kappa shape index (κ2) is 13.4. The fourth-order valence-corrected chi connectivity index (χ4v) is 6.97. The van der Waals surface area contributed by atoms with Crippen LogP contribution < -0.4 is 4.90 Å². The third-order valence-corrected chi connectivity index (χ3v) is 9.57. The Morgan fingerprint density at radius 3 is 1.43 bits per heavy atom. The Labute approximate surface area is 333 Å². The minimum Gasteiger partial charge on any atom is -0.455 e. The van der Waals surface area contributed by atoms with Gasteiger partial charge in [-0.2, -0.15) is 0 Å². The Kier molecular flexibility index (Phi) is 5.17. The quantitative estimate of drug-likeness (QED) is 0.164. The number of hydrogen-bond acceptors (Lipinski definition) is 2. The van der Waals surface area contributed by atoms with Crippen molar-refractivity contribution in [3.8, 4) is 44.5 Å². The van der Waals surface area contributed by atoms with Crippen LogP contribution in [0.4, 0.5) is 17.1 Å². The van der Waals surface area contributed by atoms with Crippen LogP contribution in [0.15, 0.2) is 216 Å². The van der Waals surface area contributed by atoms with Gasteiger partial charge in [-0.1, -0.05) is 170 Å². The molecule has 2 heteroatoms. The molecule has 1 heterocycles. The molecule has 0 bridgehead atoms. The molecular formula is C52H35NO. The summed E-state index contributed by atoms with van der Waals surface area (Å²) < 4.78 is 123. The van der Waals surface area contributed by atoms with Gasteiger partial charge < -0.3 is 9.32 Å². The van der Waals surface area contributed by atoms with E-state index >= 15 is 0 Å². The van der Waals surface area contributed by atoms with Gasteiger partial charge in [0.1, 0.15) is 11.2 Å². The first kappa shape index (κ1) is 20.8. The zero-order chi connectivity index (χ0) is 47.2. The fourth-order valence-electron chi connectivity index (χ4n) is 6.97. The zero-order valence-electron chi connectivity index (χ0n) is 41.6. The molecule has 0 unspecified atom stereocenters. The first-order valence-corrected chi connectivity index (χ1v) is 17.4.